The smallest absolute Gasteiger partial charge is 0.0452 e. The lowest BCUT2D eigenvalue weighted by atomic mass is 9.93. The average Bonchev–Trinajstić information content (AvgIpc) is 2.81. The summed E-state index contributed by atoms with van der Waals surface area (Å²) in [6, 6.07) is 6.48. The minimum atomic E-state index is 0. The number of hydrogen-bond donors (Lipinski definition) is 1. The fraction of sp³-hybridized carbons (Fsp3) is 0.571. The van der Waals surface area contributed by atoms with Crippen LogP contribution >= 0.6 is 35.6 Å². The lowest BCUT2D eigenvalue weighted by Crippen LogP contribution is -2.43. The van der Waals surface area contributed by atoms with Crippen molar-refractivity contribution in [2.45, 2.75) is 25.4 Å². The van der Waals surface area contributed by atoms with Crippen LogP contribution in [0.5, 0.6) is 0 Å². The lowest BCUT2D eigenvalue weighted by Gasteiger charge is -2.35. The van der Waals surface area contributed by atoms with Gasteiger partial charge >= 0.3 is 0 Å². The van der Waals surface area contributed by atoms with Crippen molar-refractivity contribution in [1.82, 2.24) is 10.2 Å². The van der Waals surface area contributed by atoms with Gasteiger partial charge in [0.2, 0.25) is 0 Å². The highest BCUT2D eigenvalue weighted by atomic mass is 35.5. The quantitative estimate of drug-likeness (QED) is 0.895. The molecule has 1 aromatic rings. The standard InChI is InChI=1S/C14H18Cl2N2.ClH/c15-12-1-2-13(16)11(7-12)9-18-6-4-14-10(8-18)3-5-17-14;/h1-2,7,10,14,17H,3-6,8-9H2;1H. The van der Waals surface area contributed by atoms with Crippen LogP contribution in [0.2, 0.25) is 10.0 Å². The van der Waals surface area contributed by atoms with Crippen molar-refractivity contribution in [1.29, 1.82) is 0 Å². The summed E-state index contributed by atoms with van der Waals surface area (Å²) in [7, 11) is 0. The number of rotatable bonds is 2. The van der Waals surface area contributed by atoms with Crippen LogP contribution in [-0.4, -0.2) is 30.6 Å². The largest absolute Gasteiger partial charge is 0.314 e. The highest BCUT2D eigenvalue weighted by Crippen LogP contribution is 2.28. The molecule has 0 spiro atoms. The first-order valence-corrected chi connectivity index (χ1v) is 7.37. The molecule has 106 valence electrons. The molecule has 5 heteroatoms. The SMILES string of the molecule is Cl.Clc1ccc(Cl)c(CN2CCC3NCCC3C2)c1. The molecule has 0 aromatic heterocycles. The van der Waals surface area contributed by atoms with E-state index in [1.54, 1.807) is 0 Å². The number of nitrogens with zero attached hydrogens (tertiary/aromatic N) is 1. The Morgan fingerprint density at radius 2 is 2.11 bits per heavy atom. The maximum Gasteiger partial charge on any atom is 0.0452 e. The zero-order valence-corrected chi connectivity index (χ0v) is 13.1. The molecule has 19 heavy (non-hydrogen) atoms. The van der Waals surface area contributed by atoms with Crippen LogP contribution in [0.25, 0.3) is 0 Å². The van der Waals surface area contributed by atoms with Gasteiger partial charge in [-0.05, 0) is 55.6 Å². The molecule has 0 saturated carbocycles. The van der Waals surface area contributed by atoms with Crippen LogP contribution in [0, 0.1) is 5.92 Å². The molecular weight excluding hydrogens is 303 g/mol. The molecule has 2 aliphatic heterocycles. The Hall–Kier alpha value is 0.01000. The summed E-state index contributed by atoms with van der Waals surface area (Å²) >= 11 is 12.3. The van der Waals surface area contributed by atoms with Crippen molar-refractivity contribution in [3.63, 3.8) is 0 Å². The molecule has 0 radical (unpaired) electrons. The summed E-state index contributed by atoms with van der Waals surface area (Å²) in [5.41, 5.74) is 1.15. The van der Waals surface area contributed by atoms with Gasteiger partial charge in [0.25, 0.3) is 0 Å². The Kier molecular flexibility index (Phi) is 5.38. The van der Waals surface area contributed by atoms with Crippen LogP contribution in [-0.2, 0) is 6.54 Å². The van der Waals surface area contributed by atoms with E-state index in [1.165, 1.54) is 25.9 Å². The molecule has 2 atom stereocenters. The molecule has 2 unspecified atom stereocenters. The van der Waals surface area contributed by atoms with E-state index in [4.69, 9.17) is 23.2 Å². The molecule has 0 amide bonds. The monoisotopic (exact) mass is 320 g/mol. The predicted molar refractivity (Wildman–Crippen MR) is 83.5 cm³/mol. The fourth-order valence-electron chi connectivity index (χ4n) is 3.17. The normalized spacial score (nSPS) is 26.8. The van der Waals surface area contributed by atoms with Crippen LogP contribution in [0.3, 0.4) is 0 Å². The van der Waals surface area contributed by atoms with E-state index < -0.39 is 0 Å². The summed E-state index contributed by atoms with van der Waals surface area (Å²) in [4.78, 5) is 2.51. The minimum absolute atomic E-state index is 0. The molecular formula is C14H19Cl3N2. The van der Waals surface area contributed by atoms with E-state index in [9.17, 15) is 0 Å². The molecule has 2 aliphatic rings. The molecule has 2 nitrogen and oxygen atoms in total. The van der Waals surface area contributed by atoms with Gasteiger partial charge in [-0.15, -0.1) is 12.4 Å². The zero-order valence-electron chi connectivity index (χ0n) is 10.7. The fourth-order valence-corrected chi connectivity index (χ4v) is 3.54. The van der Waals surface area contributed by atoms with E-state index >= 15 is 0 Å². The average molecular weight is 322 g/mol. The topological polar surface area (TPSA) is 15.3 Å². The summed E-state index contributed by atoms with van der Waals surface area (Å²) in [5, 5.41) is 5.18. The first kappa shape index (κ1) is 15.4. The van der Waals surface area contributed by atoms with Gasteiger partial charge in [0.15, 0.2) is 0 Å². The Morgan fingerprint density at radius 3 is 2.95 bits per heavy atom. The lowest BCUT2D eigenvalue weighted by molar-refractivity contribution is 0.156. The molecule has 2 heterocycles. The first-order valence-electron chi connectivity index (χ1n) is 6.62. The van der Waals surface area contributed by atoms with Gasteiger partial charge in [0.1, 0.15) is 0 Å². The number of fused-ring (bicyclic) bond motifs is 1. The Bertz CT molecular complexity index is 439. The second-order valence-electron chi connectivity index (χ2n) is 5.37. The first-order chi connectivity index (χ1) is 8.72. The van der Waals surface area contributed by atoms with E-state index in [-0.39, 0.29) is 12.4 Å². The molecule has 1 N–H and O–H groups in total. The molecule has 0 bridgehead atoms. The van der Waals surface area contributed by atoms with E-state index in [0.717, 1.165) is 40.7 Å². The molecule has 3 rings (SSSR count). The summed E-state index contributed by atoms with van der Waals surface area (Å²) in [6.45, 7) is 4.43. The second kappa shape index (κ2) is 6.64. The van der Waals surface area contributed by atoms with Crippen LogP contribution in [0.1, 0.15) is 18.4 Å². The van der Waals surface area contributed by atoms with Crippen molar-refractivity contribution >= 4 is 35.6 Å². The number of piperidine rings is 1. The minimum Gasteiger partial charge on any atom is -0.314 e. The second-order valence-corrected chi connectivity index (χ2v) is 6.21. The number of nitrogens with one attached hydrogen (secondary N) is 1. The molecule has 0 aliphatic carbocycles. The number of benzene rings is 1. The number of likely N-dealkylation sites (tertiary alicyclic amines) is 1. The highest BCUT2D eigenvalue weighted by molar-refractivity contribution is 6.33. The van der Waals surface area contributed by atoms with E-state index in [1.807, 2.05) is 18.2 Å². The van der Waals surface area contributed by atoms with Crippen molar-refractivity contribution in [3.05, 3.63) is 33.8 Å². The van der Waals surface area contributed by atoms with Crippen LogP contribution in [0.15, 0.2) is 18.2 Å². The zero-order chi connectivity index (χ0) is 12.5. The van der Waals surface area contributed by atoms with Crippen LogP contribution in [0.4, 0.5) is 0 Å². The van der Waals surface area contributed by atoms with Crippen molar-refractivity contribution in [2.24, 2.45) is 5.92 Å². The van der Waals surface area contributed by atoms with Crippen molar-refractivity contribution in [3.8, 4) is 0 Å². The van der Waals surface area contributed by atoms with Gasteiger partial charge in [-0.25, -0.2) is 0 Å². The van der Waals surface area contributed by atoms with Gasteiger partial charge in [0, 0.05) is 29.2 Å². The highest BCUT2D eigenvalue weighted by Gasteiger charge is 2.32. The van der Waals surface area contributed by atoms with E-state index in [0.29, 0.717) is 0 Å². The maximum absolute atomic E-state index is 6.23. The maximum atomic E-state index is 6.23. The van der Waals surface area contributed by atoms with Gasteiger partial charge in [-0.2, -0.15) is 0 Å². The Labute approximate surface area is 130 Å². The molecule has 1 aromatic carbocycles. The third kappa shape index (κ3) is 3.56. The van der Waals surface area contributed by atoms with Crippen molar-refractivity contribution < 1.29 is 0 Å². The van der Waals surface area contributed by atoms with Gasteiger partial charge in [-0.3, -0.25) is 4.90 Å². The van der Waals surface area contributed by atoms with Gasteiger partial charge in [0.05, 0.1) is 0 Å². The van der Waals surface area contributed by atoms with Crippen LogP contribution < -0.4 is 5.32 Å². The Balaban J connectivity index is 0.00000133. The third-order valence-corrected chi connectivity index (χ3v) is 4.75. The third-order valence-electron chi connectivity index (χ3n) is 4.14. The van der Waals surface area contributed by atoms with Crippen molar-refractivity contribution in [2.75, 3.05) is 19.6 Å². The van der Waals surface area contributed by atoms with Gasteiger partial charge in [-0.1, -0.05) is 23.2 Å². The summed E-state index contributed by atoms with van der Waals surface area (Å²) in [6.07, 6.45) is 2.56. The summed E-state index contributed by atoms with van der Waals surface area (Å²) in [5.74, 6) is 0.816. The predicted octanol–water partition coefficient (Wildman–Crippen LogP) is 3.60. The molecule has 2 fully saturated rings. The Morgan fingerprint density at radius 1 is 1.26 bits per heavy atom. The summed E-state index contributed by atoms with van der Waals surface area (Å²) < 4.78 is 0. The number of halogens is 3. The van der Waals surface area contributed by atoms with Gasteiger partial charge < -0.3 is 5.32 Å². The number of hydrogen-bond acceptors (Lipinski definition) is 2. The van der Waals surface area contributed by atoms with E-state index in [2.05, 4.69) is 10.2 Å². The molecule has 2 saturated heterocycles.